The normalized spacial score (nSPS) is 28.8. The van der Waals surface area contributed by atoms with E-state index in [0.29, 0.717) is 13.0 Å². The minimum absolute atomic E-state index is 0.0300. The number of thioether (sulfide) groups is 1. The molecule has 2 rings (SSSR count). The second kappa shape index (κ2) is 6.22. The van der Waals surface area contributed by atoms with E-state index in [0.717, 1.165) is 37.2 Å². The van der Waals surface area contributed by atoms with Crippen LogP contribution in [0.3, 0.4) is 0 Å². The van der Waals surface area contributed by atoms with E-state index in [4.69, 9.17) is 10.5 Å². The van der Waals surface area contributed by atoms with Gasteiger partial charge in [0.15, 0.2) is 5.78 Å². The molecule has 2 saturated heterocycles. The van der Waals surface area contributed by atoms with Crippen molar-refractivity contribution in [1.82, 2.24) is 0 Å². The Labute approximate surface area is 114 Å². The van der Waals surface area contributed by atoms with E-state index < -0.39 is 0 Å². The molecule has 102 valence electrons. The molecule has 4 heteroatoms. The van der Waals surface area contributed by atoms with Crippen LogP contribution < -0.4 is 5.73 Å². The highest BCUT2D eigenvalue weighted by molar-refractivity contribution is 7.99. The van der Waals surface area contributed by atoms with E-state index in [1.54, 1.807) is 6.08 Å². The number of ether oxygens (including phenoxy) is 1. The highest BCUT2D eigenvalue weighted by Crippen LogP contribution is 2.40. The Balaban J connectivity index is 1.97. The number of nitrogens with two attached hydrogens (primary N) is 1. The van der Waals surface area contributed by atoms with Gasteiger partial charge in [-0.3, -0.25) is 4.79 Å². The topological polar surface area (TPSA) is 52.3 Å². The van der Waals surface area contributed by atoms with E-state index in [1.807, 2.05) is 11.8 Å². The van der Waals surface area contributed by atoms with Gasteiger partial charge in [0, 0.05) is 12.5 Å². The summed E-state index contributed by atoms with van der Waals surface area (Å²) in [4.78, 5) is 12.3. The molecule has 0 aromatic rings. The van der Waals surface area contributed by atoms with E-state index >= 15 is 0 Å². The summed E-state index contributed by atoms with van der Waals surface area (Å²) in [5.74, 6) is 2.60. The van der Waals surface area contributed by atoms with E-state index in [1.165, 1.54) is 0 Å². The molecule has 0 saturated carbocycles. The van der Waals surface area contributed by atoms with E-state index in [-0.39, 0.29) is 23.3 Å². The van der Waals surface area contributed by atoms with Crippen molar-refractivity contribution in [1.29, 1.82) is 0 Å². The standard InChI is InChI=1S/C14H23NO2S/c1-2-3-12(15)13(16)11-4-7-17-14(10-11)5-8-18-9-6-14/h2,11-12H,1,3-10,15H2. The van der Waals surface area contributed by atoms with Crippen LogP contribution in [0.5, 0.6) is 0 Å². The Morgan fingerprint density at radius 2 is 2.28 bits per heavy atom. The number of Topliss-reactive ketones (excluding diaryl/α,β-unsaturated/α-hetero) is 1. The van der Waals surface area contributed by atoms with Crippen LogP contribution >= 0.6 is 11.8 Å². The zero-order valence-corrected chi connectivity index (χ0v) is 11.7. The molecular weight excluding hydrogens is 246 g/mol. The molecule has 2 aliphatic heterocycles. The molecule has 2 atom stereocenters. The first kappa shape index (κ1) is 14.1. The number of ketones is 1. The van der Waals surface area contributed by atoms with Gasteiger partial charge in [0.2, 0.25) is 0 Å². The molecule has 0 bridgehead atoms. The van der Waals surface area contributed by atoms with Crippen molar-refractivity contribution in [2.24, 2.45) is 11.7 Å². The van der Waals surface area contributed by atoms with Crippen molar-refractivity contribution in [3.8, 4) is 0 Å². The molecule has 2 N–H and O–H groups in total. The second-order valence-corrected chi connectivity index (χ2v) is 6.59. The molecule has 2 aliphatic rings. The van der Waals surface area contributed by atoms with Crippen LogP contribution in [0.4, 0.5) is 0 Å². The fourth-order valence-corrected chi connectivity index (χ4v) is 4.20. The highest BCUT2D eigenvalue weighted by Gasteiger charge is 2.41. The third kappa shape index (κ3) is 3.16. The highest BCUT2D eigenvalue weighted by atomic mass is 32.2. The molecule has 18 heavy (non-hydrogen) atoms. The number of hydrogen-bond donors (Lipinski definition) is 1. The van der Waals surface area contributed by atoms with Crippen molar-refractivity contribution in [3.63, 3.8) is 0 Å². The minimum atomic E-state index is -0.374. The van der Waals surface area contributed by atoms with Crippen LogP contribution in [-0.2, 0) is 9.53 Å². The molecule has 2 fully saturated rings. The van der Waals surface area contributed by atoms with Crippen LogP contribution in [0.25, 0.3) is 0 Å². The Hall–Kier alpha value is -0.320. The number of rotatable bonds is 4. The van der Waals surface area contributed by atoms with Crippen molar-refractivity contribution < 1.29 is 9.53 Å². The minimum Gasteiger partial charge on any atom is -0.375 e. The molecule has 0 aromatic heterocycles. The lowest BCUT2D eigenvalue weighted by Gasteiger charge is -2.43. The SMILES string of the molecule is C=CCC(N)C(=O)C1CCOC2(CCSCC2)C1. The molecule has 0 amide bonds. The van der Waals surface area contributed by atoms with Gasteiger partial charge in [-0.1, -0.05) is 6.08 Å². The maximum Gasteiger partial charge on any atom is 0.153 e. The molecule has 2 heterocycles. The lowest BCUT2D eigenvalue weighted by molar-refractivity contribution is -0.139. The lowest BCUT2D eigenvalue weighted by atomic mass is 9.78. The third-order valence-corrected chi connectivity index (χ3v) is 5.07. The van der Waals surface area contributed by atoms with Gasteiger partial charge in [0.1, 0.15) is 0 Å². The smallest absolute Gasteiger partial charge is 0.153 e. The van der Waals surface area contributed by atoms with Crippen LogP contribution in [0.15, 0.2) is 12.7 Å². The summed E-state index contributed by atoms with van der Waals surface area (Å²) in [7, 11) is 0. The zero-order valence-electron chi connectivity index (χ0n) is 10.9. The van der Waals surface area contributed by atoms with Gasteiger partial charge in [-0.2, -0.15) is 11.8 Å². The Kier molecular flexibility index (Phi) is 4.87. The molecule has 3 nitrogen and oxygen atoms in total. The van der Waals surface area contributed by atoms with Gasteiger partial charge >= 0.3 is 0 Å². The van der Waals surface area contributed by atoms with Crippen LogP contribution in [0.2, 0.25) is 0 Å². The Morgan fingerprint density at radius 3 is 2.94 bits per heavy atom. The van der Waals surface area contributed by atoms with Gasteiger partial charge in [-0.15, -0.1) is 6.58 Å². The Bertz CT molecular complexity index is 307. The zero-order chi connectivity index (χ0) is 13.0. The second-order valence-electron chi connectivity index (χ2n) is 5.37. The first-order valence-electron chi connectivity index (χ1n) is 6.79. The van der Waals surface area contributed by atoms with Crippen molar-refractivity contribution >= 4 is 17.5 Å². The molecular formula is C14H23NO2S. The monoisotopic (exact) mass is 269 g/mol. The molecule has 1 spiro atoms. The van der Waals surface area contributed by atoms with Crippen molar-refractivity contribution in [3.05, 3.63) is 12.7 Å². The van der Waals surface area contributed by atoms with Gasteiger partial charge in [0.05, 0.1) is 11.6 Å². The number of carbonyl (C=O) groups excluding carboxylic acids is 1. The summed E-state index contributed by atoms with van der Waals surface area (Å²) in [5.41, 5.74) is 5.88. The predicted molar refractivity (Wildman–Crippen MR) is 75.8 cm³/mol. The van der Waals surface area contributed by atoms with Gasteiger partial charge in [-0.05, 0) is 43.6 Å². The summed E-state index contributed by atoms with van der Waals surface area (Å²) in [6.07, 6.45) is 6.18. The summed E-state index contributed by atoms with van der Waals surface area (Å²) in [6.45, 7) is 4.36. The summed E-state index contributed by atoms with van der Waals surface area (Å²) in [5, 5.41) is 0. The average Bonchev–Trinajstić information content (AvgIpc) is 2.39. The maximum atomic E-state index is 12.3. The first-order chi connectivity index (χ1) is 8.67. The summed E-state index contributed by atoms with van der Waals surface area (Å²) < 4.78 is 6.00. The third-order valence-electron chi connectivity index (χ3n) is 4.09. The van der Waals surface area contributed by atoms with Crippen molar-refractivity contribution in [2.45, 2.75) is 43.7 Å². The fraction of sp³-hybridized carbons (Fsp3) is 0.786. The van der Waals surface area contributed by atoms with Crippen LogP contribution in [0, 0.1) is 5.92 Å². The molecule has 0 aliphatic carbocycles. The summed E-state index contributed by atoms with van der Waals surface area (Å²) >= 11 is 1.98. The quantitative estimate of drug-likeness (QED) is 0.795. The van der Waals surface area contributed by atoms with Gasteiger partial charge in [-0.25, -0.2) is 0 Å². The Morgan fingerprint density at radius 1 is 1.56 bits per heavy atom. The molecule has 2 unspecified atom stereocenters. The lowest BCUT2D eigenvalue weighted by Crippen LogP contribution is -2.47. The summed E-state index contributed by atoms with van der Waals surface area (Å²) in [6, 6.07) is -0.374. The maximum absolute atomic E-state index is 12.3. The molecule has 0 aromatic carbocycles. The first-order valence-corrected chi connectivity index (χ1v) is 7.94. The van der Waals surface area contributed by atoms with Crippen LogP contribution in [0.1, 0.15) is 32.1 Å². The van der Waals surface area contributed by atoms with E-state index in [9.17, 15) is 4.79 Å². The predicted octanol–water partition coefficient (Wildman–Crippen LogP) is 2.15. The van der Waals surface area contributed by atoms with E-state index in [2.05, 4.69) is 6.58 Å². The fourth-order valence-electron chi connectivity index (χ4n) is 2.96. The van der Waals surface area contributed by atoms with Gasteiger partial charge < -0.3 is 10.5 Å². The van der Waals surface area contributed by atoms with Crippen LogP contribution in [-0.4, -0.2) is 35.5 Å². The largest absolute Gasteiger partial charge is 0.375 e. The number of hydrogen-bond acceptors (Lipinski definition) is 4. The van der Waals surface area contributed by atoms with Gasteiger partial charge in [0.25, 0.3) is 0 Å². The average molecular weight is 269 g/mol. The number of carbonyl (C=O) groups is 1. The molecule has 0 radical (unpaired) electrons. The van der Waals surface area contributed by atoms with Crippen molar-refractivity contribution in [2.75, 3.05) is 18.1 Å².